The minimum absolute atomic E-state index is 0.0219. The van der Waals surface area contributed by atoms with E-state index in [4.69, 9.17) is 4.42 Å². The fourth-order valence-electron chi connectivity index (χ4n) is 4.20. The number of aliphatic imine (C=N–C) groups is 1. The third kappa shape index (κ3) is 4.23. The molecule has 0 aliphatic heterocycles. The van der Waals surface area contributed by atoms with Crippen LogP contribution in [0.5, 0.6) is 0 Å². The first kappa shape index (κ1) is 22.0. The second kappa shape index (κ2) is 8.36. The van der Waals surface area contributed by atoms with E-state index >= 15 is 0 Å². The van der Waals surface area contributed by atoms with Crippen LogP contribution in [0.15, 0.2) is 39.7 Å². The summed E-state index contributed by atoms with van der Waals surface area (Å²) in [6.07, 6.45) is 4.62. The number of benzene rings is 1. The molecule has 0 fully saturated rings. The topological polar surface area (TPSA) is 92.4 Å². The normalized spacial score (nSPS) is 16.2. The van der Waals surface area contributed by atoms with E-state index in [9.17, 15) is 15.4 Å². The zero-order valence-corrected chi connectivity index (χ0v) is 19.5. The van der Waals surface area contributed by atoms with E-state index < -0.39 is 4.92 Å². The third-order valence-corrected chi connectivity index (χ3v) is 7.38. The lowest BCUT2D eigenvalue weighted by Gasteiger charge is -2.33. The molecule has 1 aliphatic rings. The van der Waals surface area contributed by atoms with Gasteiger partial charge in [-0.1, -0.05) is 26.8 Å². The van der Waals surface area contributed by atoms with E-state index in [1.54, 1.807) is 35.8 Å². The van der Waals surface area contributed by atoms with E-state index in [1.807, 2.05) is 6.92 Å². The molecule has 32 heavy (non-hydrogen) atoms. The molecule has 0 saturated carbocycles. The molecule has 1 aromatic carbocycles. The number of thiophene rings is 1. The Bertz CT molecular complexity index is 1250. The van der Waals surface area contributed by atoms with Gasteiger partial charge in [0.1, 0.15) is 22.6 Å². The first-order valence-electron chi connectivity index (χ1n) is 10.6. The number of nitro benzene ring substituents is 1. The van der Waals surface area contributed by atoms with Crippen molar-refractivity contribution in [3.63, 3.8) is 0 Å². The Morgan fingerprint density at radius 3 is 2.78 bits per heavy atom. The van der Waals surface area contributed by atoms with Gasteiger partial charge in [-0.25, -0.2) is 4.99 Å². The Hall–Kier alpha value is -3.24. The number of furan rings is 1. The number of nitriles is 1. The third-order valence-electron chi connectivity index (χ3n) is 6.22. The Morgan fingerprint density at radius 2 is 2.09 bits per heavy atom. The SMILES string of the molecule is Cc1ccc([N+](=O)[O-])cc1-c1ccc(C=Nc2sc3c(c2C#N)CC[C@H](C(C)(C)C)C3)o1. The lowest BCUT2D eigenvalue weighted by Crippen LogP contribution is -2.26. The van der Waals surface area contributed by atoms with Crippen LogP contribution in [0.1, 0.15) is 54.5 Å². The van der Waals surface area contributed by atoms with Crippen LogP contribution in [0, 0.1) is 39.7 Å². The minimum atomic E-state index is -0.416. The van der Waals surface area contributed by atoms with Crippen molar-refractivity contribution in [2.45, 2.75) is 47.0 Å². The summed E-state index contributed by atoms with van der Waals surface area (Å²) >= 11 is 1.60. The lowest BCUT2D eigenvalue weighted by atomic mass is 9.72. The highest BCUT2D eigenvalue weighted by atomic mass is 32.1. The Kier molecular flexibility index (Phi) is 5.74. The van der Waals surface area contributed by atoms with Gasteiger partial charge in [-0.05, 0) is 60.8 Å². The van der Waals surface area contributed by atoms with Crippen molar-refractivity contribution in [2.75, 3.05) is 0 Å². The van der Waals surface area contributed by atoms with Gasteiger partial charge in [-0.2, -0.15) is 5.26 Å². The molecule has 7 heteroatoms. The Morgan fingerprint density at radius 1 is 1.31 bits per heavy atom. The van der Waals surface area contributed by atoms with Crippen molar-refractivity contribution < 1.29 is 9.34 Å². The molecule has 4 rings (SSSR count). The quantitative estimate of drug-likeness (QED) is 0.244. The molecule has 3 aromatic rings. The van der Waals surface area contributed by atoms with Gasteiger partial charge in [0.25, 0.3) is 5.69 Å². The number of aryl methyl sites for hydroxylation is 1. The number of hydrogen-bond acceptors (Lipinski definition) is 6. The second-order valence-corrected chi connectivity index (χ2v) is 10.4. The van der Waals surface area contributed by atoms with Gasteiger partial charge in [-0.15, -0.1) is 11.3 Å². The summed E-state index contributed by atoms with van der Waals surface area (Å²) < 4.78 is 5.89. The molecule has 0 saturated heterocycles. The van der Waals surface area contributed by atoms with Crippen LogP contribution < -0.4 is 0 Å². The van der Waals surface area contributed by atoms with Crippen molar-refractivity contribution in [1.82, 2.24) is 0 Å². The zero-order valence-electron chi connectivity index (χ0n) is 18.6. The van der Waals surface area contributed by atoms with Gasteiger partial charge in [-0.3, -0.25) is 10.1 Å². The van der Waals surface area contributed by atoms with Crippen LogP contribution in [0.2, 0.25) is 0 Å². The highest BCUT2D eigenvalue weighted by Gasteiger charge is 2.32. The second-order valence-electron chi connectivity index (χ2n) is 9.32. The molecule has 0 bridgehead atoms. The highest BCUT2D eigenvalue weighted by molar-refractivity contribution is 7.16. The van der Waals surface area contributed by atoms with E-state index in [0.717, 1.165) is 35.4 Å². The van der Waals surface area contributed by atoms with Crippen LogP contribution in [0.25, 0.3) is 11.3 Å². The molecule has 0 unspecified atom stereocenters. The fraction of sp³-hybridized carbons (Fsp3) is 0.360. The maximum atomic E-state index is 11.1. The number of nitro groups is 1. The van der Waals surface area contributed by atoms with E-state index in [-0.39, 0.29) is 11.1 Å². The average molecular weight is 448 g/mol. The standard InChI is InChI=1S/C25H25N3O3S/c1-15-5-7-17(28(29)30)12-20(15)22-10-8-18(31-22)14-27-24-21(13-26)19-9-6-16(25(2,3)4)11-23(19)32-24/h5,7-8,10,12,14,16H,6,9,11H2,1-4H3/t16-/m0/s1. The summed E-state index contributed by atoms with van der Waals surface area (Å²) in [5.41, 5.74) is 3.66. The summed E-state index contributed by atoms with van der Waals surface area (Å²) in [6, 6.07) is 10.6. The number of non-ortho nitro benzene ring substituents is 1. The first-order chi connectivity index (χ1) is 15.2. The van der Waals surface area contributed by atoms with Gasteiger partial charge in [0.15, 0.2) is 0 Å². The zero-order chi connectivity index (χ0) is 23.0. The molecule has 1 atom stereocenters. The Labute approximate surface area is 191 Å². The van der Waals surface area contributed by atoms with Gasteiger partial charge < -0.3 is 4.42 Å². The van der Waals surface area contributed by atoms with E-state index in [1.165, 1.54) is 17.0 Å². The van der Waals surface area contributed by atoms with Gasteiger partial charge >= 0.3 is 0 Å². The predicted octanol–water partition coefficient (Wildman–Crippen LogP) is 7.00. The fourth-order valence-corrected chi connectivity index (χ4v) is 5.42. The number of nitrogens with zero attached hydrogens (tertiary/aromatic N) is 3. The van der Waals surface area contributed by atoms with Crippen LogP contribution in [-0.4, -0.2) is 11.1 Å². The van der Waals surface area contributed by atoms with Crippen molar-refractivity contribution in [1.29, 1.82) is 5.26 Å². The molecular formula is C25H25N3O3S. The van der Waals surface area contributed by atoms with Gasteiger partial charge in [0.2, 0.25) is 0 Å². The molecule has 0 spiro atoms. The summed E-state index contributed by atoms with van der Waals surface area (Å²) in [5.74, 6) is 1.68. The first-order valence-corrected chi connectivity index (χ1v) is 11.4. The van der Waals surface area contributed by atoms with Gasteiger partial charge in [0.05, 0.1) is 16.7 Å². The number of hydrogen-bond donors (Lipinski definition) is 0. The predicted molar refractivity (Wildman–Crippen MR) is 127 cm³/mol. The average Bonchev–Trinajstić information content (AvgIpc) is 3.35. The van der Waals surface area contributed by atoms with Crippen LogP contribution in [0.3, 0.4) is 0 Å². The summed E-state index contributed by atoms with van der Waals surface area (Å²) in [4.78, 5) is 16.5. The molecule has 164 valence electrons. The van der Waals surface area contributed by atoms with E-state index in [2.05, 4.69) is 31.8 Å². The molecule has 6 nitrogen and oxygen atoms in total. The van der Waals surface area contributed by atoms with Crippen LogP contribution in [0.4, 0.5) is 10.7 Å². The maximum absolute atomic E-state index is 11.1. The molecule has 2 aromatic heterocycles. The summed E-state index contributed by atoms with van der Waals surface area (Å²) in [7, 11) is 0. The largest absolute Gasteiger partial charge is 0.455 e. The molecular weight excluding hydrogens is 422 g/mol. The Balaban J connectivity index is 1.60. The van der Waals surface area contributed by atoms with E-state index in [0.29, 0.717) is 28.6 Å². The molecule has 1 aliphatic carbocycles. The van der Waals surface area contributed by atoms with Crippen molar-refractivity contribution in [3.05, 3.63) is 67.8 Å². The van der Waals surface area contributed by atoms with Gasteiger partial charge in [0, 0.05) is 22.6 Å². The molecule has 0 amide bonds. The van der Waals surface area contributed by atoms with Crippen molar-refractivity contribution >= 4 is 28.2 Å². The monoisotopic (exact) mass is 447 g/mol. The molecule has 0 N–H and O–H groups in total. The lowest BCUT2D eigenvalue weighted by molar-refractivity contribution is -0.384. The van der Waals surface area contributed by atoms with Crippen molar-refractivity contribution in [2.24, 2.45) is 16.3 Å². The maximum Gasteiger partial charge on any atom is 0.270 e. The van der Waals surface area contributed by atoms with Crippen molar-refractivity contribution in [3.8, 4) is 17.4 Å². The smallest absolute Gasteiger partial charge is 0.270 e. The molecule has 0 radical (unpaired) electrons. The summed E-state index contributed by atoms with van der Waals surface area (Å²) in [6.45, 7) is 8.71. The number of fused-ring (bicyclic) bond motifs is 1. The minimum Gasteiger partial charge on any atom is -0.455 e. The highest BCUT2D eigenvalue weighted by Crippen LogP contribution is 2.45. The number of rotatable bonds is 4. The van der Waals surface area contributed by atoms with Crippen LogP contribution in [-0.2, 0) is 12.8 Å². The van der Waals surface area contributed by atoms with Crippen LogP contribution >= 0.6 is 11.3 Å². The summed E-state index contributed by atoms with van der Waals surface area (Å²) in [5, 5.41) is 21.6. The molecule has 2 heterocycles.